The van der Waals surface area contributed by atoms with Crippen LogP contribution in [0, 0.1) is 11.8 Å². The Morgan fingerprint density at radius 3 is 2.88 bits per heavy atom. The summed E-state index contributed by atoms with van der Waals surface area (Å²) in [6.45, 7) is 1.67. The number of aromatic nitrogens is 1. The fourth-order valence-corrected chi connectivity index (χ4v) is 5.66. The molecular formula is C28H28N2O4. The lowest BCUT2D eigenvalue weighted by Gasteiger charge is -2.32. The van der Waals surface area contributed by atoms with Crippen LogP contribution in [0.25, 0.3) is 10.9 Å². The normalized spacial score (nSPS) is 18.7. The second-order valence-corrected chi connectivity index (χ2v) is 9.24. The van der Waals surface area contributed by atoms with Crippen LogP contribution in [-0.2, 0) is 25.8 Å². The van der Waals surface area contributed by atoms with Gasteiger partial charge in [-0.05, 0) is 62.9 Å². The number of ether oxygens (including phenoxy) is 3. The largest absolute Gasteiger partial charge is 0.492 e. The molecule has 6 heteroatoms. The molecule has 3 heterocycles. The Labute approximate surface area is 199 Å². The van der Waals surface area contributed by atoms with Gasteiger partial charge < -0.3 is 18.8 Å². The van der Waals surface area contributed by atoms with Gasteiger partial charge in [-0.3, -0.25) is 9.69 Å². The Balaban J connectivity index is 1.43. The lowest BCUT2D eigenvalue weighted by Crippen LogP contribution is -2.32. The maximum absolute atomic E-state index is 13.1. The van der Waals surface area contributed by atoms with Crippen molar-refractivity contribution in [3.05, 3.63) is 62.9 Å². The van der Waals surface area contributed by atoms with Crippen molar-refractivity contribution in [1.29, 1.82) is 0 Å². The molecule has 0 radical (unpaired) electrons. The van der Waals surface area contributed by atoms with E-state index < -0.39 is 0 Å². The summed E-state index contributed by atoms with van der Waals surface area (Å²) < 4.78 is 19.4. The molecule has 0 fully saturated rings. The molecule has 3 aliphatic rings. The van der Waals surface area contributed by atoms with Crippen molar-refractivity contribution in [2.24, 2.45) is 0 Å². The van der Waals surface area contributed by atoms with Crippen molar-refractivity contribution >= 4 is 10.9 Å². The molecule has 0 spiro atoms. The molecule has 1 atom stereocenters. The molecule has 174 valence electrons. The van der Waals surface area contributed by atoms with Gasteiger partial charge in [-0.15, -0.1) is 0 Å². The first-order valence-corrected chi connectivity index (χ1v) is 12.0. The third-order valence-corrected chi connectivity index (χ3v) is 7.35. The molecule has 0 amide bonds. The van der Waals surface area contributed by atoms with E-state index in [4.69, 9.17) is 14.2 Å². The van der Waals surface area contributed by atoms with Crippen molar-refractivity contribution in [3.8, 4) is 29.1 Å². The Kier molecular flexibility index (Phi) is 5.23. The van der Waals surface area contributed by atoms with E-state index in [9.17, 15) is 4.79 Å². The van der Waals surface area contributed by atoms with Gasteiger partial charge in [0.1, 0.15) is 6.04 Å². The highest BCUT2D eigenvalue weighted by molar-refractivity contribution is 5.80. The molecule has 0 saturated carbocycles. The maximum atomic E-state index is 13.1. The third kappa shape index (κ3) is 3.26. The number of para-hydroxylation sites is 1. The number of hydrogen-bond acceptors (Lipinski definition) is 5. The Hall–Kier alpha value is -3.43. The fraction of sp³-hybridized carbons (Fsp3) is 0.393. The average Bonchev–Trinajstić information content (AvgIpc) is 3.34. The highest BCUT2D eigenvalue weighted by Crippen LogP contribution is 2.49. The van der Waals surface area contributed by atoms with Gasteiger partial charge in [0.25, 0.3) is 0 Å². The maximum Gasteiger partial charge on any atom is 0.231 e. The molecule has 2 aromatic carbocycles. The predicted molar refractivity (Wildman–Crippen MR) is 131 cm³/mol. The molecule has 2 aliphatic heterocycles. The highest BCUT2D eigenvalue weighted by atomic mass is 16.7. The zero-order valence-electron chi connectivity index (χ0n) is 19.6. The van der Waals surface area contributed by atoms with Crippen LogP contribution in [0.2, 0.25) is 0 Å². The van der Waals surface area contributed by atoms with Gasteiger partial charge in [-0.2, -0.15) is 0 Å². The SMILES string of the molecule is COc1c2c(cc3c1[C@H](C#CCn1c4c(c(=O)c5ccccc51)CCCC4)N(C)CC3)OCO2. The first kappa shape index (κ1) is 21.1. The van der Waals surface area contributed by atoms with E-state index in [1.54, 1.807) is 7.11 Å². The second-order valence-electron chi connectivity index (χ2n) is 9.24. The molecule has 0 bridgehead atoms. The van der Waals surface area contributed by atoms with Crippen molar-refractivity contribution < 1.29 is 14.2 Å². The quantitative estimate of drug-likeness (QED) is 0.549. The van der Waals surface area contributed by atoms with E-state index in [0.29, 0.717) is 12.3 Å². The summed E-state index contributed by atoms with van der Waals surface area (Å²) in [4.78, 5) is 15.4. The Morgan fingerprint density at radius 2 is 2.00 bits per heavy atom. The number of nitrogens with zero attached hydrogens (tertiary/aromatic N) is 2. The van der Waals surface area contributed by atoms with Crippen LogP contribution >= 0.6 is 0 Å². The number of likely N-dealkylation sites (N-methyl/N-ethyl adjacent to an activating group) is 1. The van der Waals surface area contributed by atoms with Crippen LogP contribution in [0.15, 0.2) is 35.1 Å². The first-order chi connectivity index (χ1) is 16.7. The summed E-state index contributed by atoms with van der Waals surface area (Å²) >= 11 is 0. The predicted octanol–water partition coefficient (Wildman–Crippen LogP) is 3.85. The first-order valence-electron chi connectivity index (χ1n) is 12.0. The lowest BCUT2D eigenvalue weighted by molar-refractivity contribution is 0.171. The number of pyridine rings is 1. The minimum absolute atomic E-state index is 0.102. The number of methoxy groups -OCH3 is 1. The summed E-state index contributed by atoms with van der Waals surface area (Å²) in [5.74, 6) is 9.14. The van der Waals surface area contributed by atoms with Gasteiger partial charge in [0.2, 0.25) is 12.5 Å². The van der Waals surface area contributed by atoms with Gasteiger partial charge in [0, 0.05) is 28.8 Å². The number of fused-ring (bicyclic) bond motifs is 4. The smallest absolute Gasteiger partial charge is 0.231 e. The van der Waals surface area contributed by atoms with E-state index in [-0.39, 0.29) is 18.3 Å². The second kappa shape index (κ2) is 8.41. The Bertz CT molecular complexity index is 1410. The average molecular weight is 457 g/mol. The van der Waals surface area contributed by atoms with Crippen LogP contribution in [0.5, 0.6) is 17.2 Å². The third-order valence-electron chi connectivity index (χ3n) is 7.35. The summed E-state index contributed by atoms with van der Waals surface area (Å²) in [5, 5.41) is 0.791. The molecule has 0 saturated heterocycles. The zero-order chi connectivity index (χ0) is 23.2. The van der Waals surface area contributed by atoms with E-state index in [1.165, 1.54) is 5.56 Å². The number of hydrogen-bond donors (Lipinski definition) is 0. The molecule has 1 aliphatic carbocycles. The van der Waals surface area contributed by atoms with Crippen molar-refractivity contribution in [1.82, 2.24) is 9.47 Å². The van der Waals surface area contributed by atoms with Crippen molar-refractivity contribution in [3.63, 3.8) is 0 Å². The molecule has 34 heavy (non-hydrogen) atoms. The molecule has 3 aromatic rings. The summed E-state index contributed by atoms with van der Waals surface area (Å²) in [5.41, 5.74) is 5.56. The van der Waals surface area contributed by atoms with E-state index in [1.807, 2.05) is 24.3 Å². The number of benzene rings is 2. The summed E-state index contributed by atoms with van der Waals surface area (Å²) in [7, 11) is 3.78. The van der Waals surface area contributed by atoms with E-state index in [2.05, 4.69) is 34.4 Å². The van der Waals surface area contributed by atoms with Crippen molar-refractivity contribution in [2.75, 3.05) is 27.5 Å². The Morgan fingerprint density at radius 1 is 1.15 bits per heavy atom. The monoisotopic (exact) mass is 456 g/mol. The standard InChI is InChI=1S/C28H28N2O4/c1-29-15-13-18-16-24-27(34-17-33-24)28(32-2)25(18)23(29)12-7-14-30-21-10-5-3-8-19(21)26(31)20-9-4-6-11-22(20)30/h3,5,8,10,16,23H,4,6,9,11,13-15,17H2,1-2H3/t23-/m0/s1. The molecule has 1 aromatic heterocycles. The van der Waals surface area contributed by atoms with Crippen LogP contribution < -0.4 is 19.6 Å². The molecule has 6 nitrogen and oxygen atoms in total. The minimum atomic E-state index is -0.102. The van der Waals surface area contributed by atoms with Crippen molar-refractivity contribution in [2.45, 2.75) is 44.7 Å². The molecule has 0 unspecified atom stereocenters. The van der Waals surface area contributed by atoms with Gasteiger partial charge in [0.05, 0.1) is 19.2 Å². The van der Waals surface area contributed by atoms with E-state index >= 15 is 0 Å². The molecule has 0 N–H and O–H groups in total. The summed E-state index contributed by atoms with van der Waals surface area (Å²) in [6.07, 6.45) is 4.89. The summed E-state index contributed by atoms with van der Waals surface area (Å²) in [6, 6.07) is 9.90. The van der Waals surface area contributed by atoms with E-state index in [0.717, 1.165) is 77.9 Å². The van der Waals surface area contributed by atoms with Gasteiger partial charge in [-0.25, -0.2) is 0 Å². The zero-order valence-corrected chi connectivity index (χ0v) is 19.6. The highest BCUT2D eigenvalue weighted by Gasteiger charge is 2.33. The fourth-order valence-electron chi connectivity index (χ4n) is 5.66. The lowest BCUT2D eigenvalue weighted by atomic mass is 9.91. The van der Waals surface area contributed by atoms with Gasteiger partial charge in [0.15, 0.2) is 16.9 Å². The van der Waals surface area contributed by atoms with Crippen LogP contribution in [0.3, 0.4) is 0 Å². The number of rotatable bonds is 2. The minimum Gasteiger partial charge on any atom is -0.492 e. The molecular weight excluding hydrogens is 428 g/mol. The van der Waals surface area contributed by atoms with Crippen LogP contribution in [-0.4, -0.2) is 37.0 Å². The van der Waals surface area contributed by atoms with Gasteiger partial charge in [-0.1, -0.05) is 24.0 Å². The topological polar surface area (TPSA) is 52.9 Å². The van der Waals surface area contributed by atoms with Crippen LogP contribution in [0.1, 0.15) is 41.3 Å². The van der Waals surface area contributed by atoms with Gasteiger partial charge >= 0.3 is 0 Å². The molecule has 6 rings (SSSR count). The van der Waals surface area contributed by atoms with Crippen LogP contribution in [0.4, 0.5) is 0 Å².